The Hall–Kier alpha value is -2.88. The van der Waals surface area contributed by atoms with E-state index in [0.29, 0.717) is 12.0 Å². The van der Waals surface area contributed by atoms with Crippen LogP contribution in [-0.4, -0.2) is 12.0 Å². The molecule has 2 bridgehead atoms. The summed E-state index contributed by atoms with van der Waals surface area (Å²) in [7, 11) is 0. The number of fused-ring (bicyclic) bond motifs is 2. The molecule has 0 radical (unpaired) electrons. The largest absolute Gasteiger partial charge is 0.443 e. The van der Waals surface area contributed by atoms with Crippen molar-refractivity contribution >= 4 is 5.90 Å². The molecule has 3 rings (SSSR count). The van der Waals surface area contributed by atoms with Gasteiger partial charge in [0, 0.05) is 5.56 Å². The van der Waals surface area contributed by atoms with Crippen LogP contribution in [0, 0.1) is 56.2 Å². The topological polar surface area (TPSA) is 114 Å². The SMILES string of the molecule is CCCCCCCCCCCC1OC2(c3ccccc3)OC(=N)C(C#N)(C2C)C1(C#N)C#N. The van der Waals surface area contributed by atoms with Gasteiger partial charge in [-0.15, -0.1) is 0 Å². The molecule has 2 aliphatic rings. The summed E-state index contributed by atoms with van der Waals surface area (Å²) in [4.78, 5) is 0. The van der Waals surface area contributed by atoms with E-state index in [2.05, 4.69) is 25.1 Å². The van der Waals surface area contributed by atoms with Gasteiger partial charge in [0.1, 0.15) is 0 Å². The second-order valence-corrected chi connectivity index (χ2v) is 9.36. The summed E-state index contributed by atoms with van der Waals surface area (Å²) in [6.07, 6.45) is 10.0. The lowest BCUT2D eigenvalue weighted by Gasteiger charge is -2.48. The molecule has 4 unspecified atom stereocenters. The molecular weight excluding hydrogens is 412 g/mol. The Morgan fingerprint density at radius 1 is 0.879 bits per heavy atom. The van der Waals surface area contributed by atoms with Crippen LogP contribution in [0.4, 0.5) is 0 Å². The third-order valence-electron chi connectivity index (χ3n) is 7.53. The molecule has 2 aliphatic heterocycles. The van der Waals surface area contributed by atoms with E-state index in [1.165, 1.54) is 38.5 Å². The van der Waals surface area contributed by atoms with Crippen molar-refractivity contribution in [1.29, 1.82) is 21.2 Å². The fourth-order valence-corrected chi connectivity index (χ4v) is 5.55. The van der Waals surface area contributed by atoms with Crippen LogP contribution in [0.2, 0.25) is 0 Å². The molecule has 1 aromatic rings. The molecular formula is C27H34N4O2. The second kappa shape index (κ2) is 10.4. The van der Waals surface area contributed by atoms with Gasteiger partial charge in [-0.25, -0.2) is 0 Å². The number of rotatable bonds is 11. The van der Waals surface area contributed by atoms with Crippen molar-refractivity contribution in [3.05, 3.63) is 35.9 Å². The maximum atomic E-state index is 10.3. The van der Waals surface area contributed by atoms with Gasteiger partial charge in [0.15, 0.2) is 10.8 Å². The first kappa shape index (κ1) is 24.8. The monoisotopic (exact) mass is 446 g/mol. The van der Waals surface area contributed by atoms with Gasteiger partial charge in [-0.05, 0) is 6.42 Å². The molecule has 2 saturated heterocycles. The predicted molar refractivity (Wildman–Crippen MR) is 125 cm³/mol. The second-order valence-electron chi connectivity index (χ2n) is 9.36. The number of hydrogen-bond acceptors (Lipinski definition) is 6. The van der Waals surface area contributed by atoms with Crippen molar-refractivity contribution in [3.63, 3.8) is 0 Å². The van der Waals surface area contributed by atoms with Gasteiger partial charge in [-0.1, -0.05) is 102 Å². The third kappa shape index (κ3) is 3.90. The Balaban J connectivity index is 1.80. The molecule has 0 aliphatic carbocycles. The van der Waals surface area contributed by atoms with Crippen molar-refractivity contribution in [1.82, 2.24) is 0 Å². The van der Waals surface area contributed by atoms with E-state index in [-0.39, 0.29) is 5.90 Å². The molecule has 6 heteroatoms. The van der Waals surface area contributed by atoms with Gasteiger partial charge in [0.25, 0.3) is 0 Å². The molecule has 2 fully saturated rings. The van der Waals surface area contributed by atoms with Crippen LogP contribution in [0.15, 0.2) is 30.3 Å². The van der Waals surface area contributed by atoms with Crippen molar-refractivity contribution in [2.75, 3.05) is 0 Å². The molecule has 0 saturated carbocycles. The third-order valence-corrected chi connectivity index (χ3v) is 7.53. The number of hydrogen-bond donors (Lipinski definition) is 1. The molecule has 6 nitrogen and oxygen atoms in total. The fourth-order valence-electron chi connectivity index (χ4n) is 5.55. The summed E-state index contributed by atoms with van der Waals surface area (Å²) in [5.41, 5.74) is -2.79. The maximum absolute atomic E-state index is 10.3. The molecule has 0 aromatic heterocycles. The van der Waals surface area contributed by atoms with Crippen molar-refractivity contribution in [3.8, 4) is 18.2 Å². The summed E-state index contributed by atoms with van der Waals surface area (Å²) >= 11 is 0. The summed E-state index contributed by atoms with van der Waals surface area (Å²) in [5, 5.41) is 39.3. The Morgan fingerprint density at radius 3 is 2.00 bits per heavy atom. The Bertz CT molecular complexity index is 943. The highest BCUT2D eigenvalue weighted by Crippen LogP contribution is 2.66. The van der Waals surface area contributed by atoms with Crippen LogP contribution < -0.4 is 0 Å². The standard InChI is InChI=1S/C27H34N4O2/c1-3-4-5-6-7-8-9-10-14-17-23-25(18-28,19-29)26(20-30)21(2)27(32-23,33-24(26)31)22-15-12-11-13-16-22/h11-13,15-16,21,23,31H,3-10,14,17H2,1-2H3. The molecule has 1 N–H and O–H groups in total. The van der Waals surface area contributed by atoms with Crippen LogP contribution in [-0.2, 0) is 15.3 Å². The minimum absolute atomic E-state index is 0.348. The Kier molecular flexibility index (Phi) is 7.78. The van der Waals surface area contributed by atoms with Gasteiger partial charge in [-0.2, -0.15) is 15.8 Å². The van der Waals surface area contributed by atoms with Crippen molar-refractivity contribution < 1.29 is 9.47 Å². The molecule has 0 spiro atoms. The number of unbranched alkanes of at least 4 members (excludes halogenated alkanes) is 8. The first-order chi connectivity index (χ1) is 16.0. The number of nitrogens with one attached hydrogen (secondary N) is 1. The summed E-state index contributed by atoms with van der Waals surface area (Å²) < 4.78 is 12.5. The maximum Gasteiger partial charge on any atom is 0.243 e. The first-order valence-corrected chi connectivity index (χ1v) is 12.2. The van der Waals surface area contributed by atoms with E-state index in [4.69, 9.17) is 14.9 Å². The molecule has 33 heavy (non-hydrogen) atoms. The zero-order valence-electron chi connectivity index (χ0n) is 19.8. The quantitative estimate of drug-likeness (QED) is 0.398. The van der Waals surface area contributed by atoms with E-state index in [1.807, 2.05) is 30.3 Å². The van der Waals surface area contributed by atoms with Gasteiger partial charge >= 0.3 is 0 Å². The zero-order valence-corrected chi connectivity index (χ0v) is 19.8. The van der Waals surface area contributed by atoms with E-state index in [9.17, 15) is 15.8 Å². The highest BCUT2D eigenvalue weighted by molar-refractivity contribution is 5.89. The minimum Gasteiger partial charge on any atom is -0.443 e. The molecule has 1 aromatic carbocycles. The van der Waals surface area contributed by atoms with Crippen LogP contribution >= 0.6 is 0 Å². The van der Waals surface area contributed by atoms with Crippen molar-refractivity contribution in [2.45, 2.75) is 89.9 Å². The van der Waals surface area contributed by atoms with Crippen LogP contribution in [0.1, 0.15) is 83.6 Å². The van der Waals surface area contributed by atoms with Gasteiger partial charge in [-0.3, -0.25) is 5.41 Å². The van der Waals surface area contributed by atoms with Gasteiger partial charge in [0.05, 0.1) is 30.2 Å². The molecule has 174 valence electrons. The fraction of sp³-hybridized carbons (Fsp3) is 0.630. The number of benzene rings is 1. The normalized spacial score (nSPS) is 29.5. The lowest BCUT2D eigenvalue weighted by atomic mass is 9.53. The number of nitrogens with zero attached hydrogens (tertiary/aromatic N) is 3. The smallest absolute Gasteiger partial charge is 0.243 e. The van der Waals surface area contributed by atoms with Gasteiger partial charge in [0.2, 0.25) is 11.7 Å². The van der Waals surface area contributed by atoms with Gasteiger partial charge < -0.3 is 9.47 Å². The lowest BCUT2D eigenvalue weighted by molar-refractivity contribution is -0.286. The lowest BCUT2D eigenvalue weighted by Crippen LogP contribution is -2.60. The summed E-state index contributed by atoms with van der Waals surface area (Å²) in [6, 6.07) is 15.7. The van der Waals surface area contributed by atoms with E-state index in [1.54, 1.807) is 6.92 Å². The highest BCUT2D eigenvalue weighted by atomic mass is 16.7. The van der Waals surface area contributed by atoms with Crippen LogP contribution in [0.3, 0.4) is 0 Å². The van der Waals surface area contributed by atoms with E-state index < -0.39 is 28.6 Å². The average molecular weight is 447 g/mol. The highest BCUT2D eigenvalue weighted by Gasteiger charge is 2.79. The van der Waals surface area contributed by atoms with E-state index in [0.717, 1.165) is 19.3 Å². The molecule has 2 heterocycles. The molecule has 4 atom stereocenters. The number of nitriles is 3. The zero-order chi connectivity index (χ0) is 24.0. The minimum atomic E-state index is -1.80. The summed E-state index contributed by atoms with van der Waals surface area (Å²) in [6.45, 7) is 3.96. The first-order valence-electron chi connectivity index (χ1n) is 12.2. The van der Waals surface area contributed by atoms with Crippen molar-refractivity contribution in [2.24, 2.45) is 16.7 Å². The van der Waals surface area contributed by atoms with E-state index >= 15 is 0 Å². The Labute approximate surface area is 197 Å². The average Bonchev–Trinajstić information content (AvgIpc) is 3.00. The predicted octanol–water partition coefficient (Wildman–Crippen LogP) is 6.35. The van der Waals surface area contributed by atoms with Crippen LogP contribution in [0.5, 0.6) is 0 Å². The number of ether oxygens (including phenoxy) is 2. The Morgan fingerprint density at radius 2 is 1.45 bits per heavy atom. The molecule has 0 amide bonds. The van der Waals surface area contributed by atoms with Crippen LogP contribution in [0.25, 0.3) is 0 Å². The summed E-state index contributed by atoms with van der Waals surface area (Å²) in [5.74, 6) is -2.39.